The average Bonchev–Trinajstić information content (AvgIpc) is 2.68. The molecule has 128 valence electrons. The lowest BCUT2D eigenvalue weighted by Crippen LogP contribution is -2.37. The van der Waals surface area contributed by atoms with Crippen LogP contribution in [0.1, 0.15) is 5.56 Å². The van der Waals surface area contributed by atoms with Crippen LogP contribution in [-0.2, 0) is 11.3 Å². The number of anilines is 2. The van der Waals surface area contributed by atoms with Gasteiger partial charge in [0.1, 0.15) is 11.6 Å². The van der Waals surface area contributed by atoms with Gasteiger partial charge in [-0.2, -0.15) is 4.98 Å². The van der Waals surface area contributed by atoms with Crippen molar-refractivity contribution in [2.45, 2.75) is 6.54 Å². The summed E-state index contributed by atoms with van der Waals surface area (Å²) in [6.45, 7) is 3.53. The molecule has 5 nitrogen and oxygen atoms in total. The molecule has 0 unspecified atom stereocenters. The Morgan fingerprint density at radius 1 is 1.00 bits per heavy atom. The molecule has 1 N–H and O–H groups in total. The summed E-state index contributed by atoms with van der Waals surface area (Å²) in [7, 11) is 0. The fourth-order valence-corrected chi connectivity index (χ4v) is 2.89. The predicted molar refractivity (Wildman–Crippen MR) is 96.3 cm³/mol. The van der Waals surface area contributed by atoms with E-state index in [0.29, 0.717) is 25.7 Å². The normalized spacial score (nSPS) is 14.7. The summed E-state index contributed by atoms with van der Waals surface area (Å²) in [5.74, 6) is 1.27. The van der Waals surface area contributed by atoms with Crippen LogP contribution < -0.4 is 10.2 Å². The van der Waals surface area contributed by atoms with E-state index in [1.54, 1.807) is 12.1 Å². The van der Waals surface area contributed by atoms with Crippen LogP contribution in [-0.4, -0.2) is 36.3 Å². The number of rotatable bonds is 4. The largest absolute Gasteiger partial charge is 0.378 e. The molecule has 4 rings (SSSR count). The van der Waals surface area contributed by atoms with E-state index in [9.17, 15) is 4.39 Å². The first-order chi connectivity index (χ1) is 12.3. The molecule has 1 saturated heterocycles. The van der Waals surface area contributed by atoms with E-state index in [1.807, 2.05) is 24.3 Å². The van der Waals surface area contributed by atoms with Gasteiger partial charge in [-0.05, 0) is 29.8 Å². The van der Waals surface area contributed by atoms with Gasteiger partial charge >= 0.3 is 0 Å². The molecule has 6 heteroatoms. The molecular formula is C19H19FN4O. The van der Waals surface area contributed by atoms with Crippen LogP contribution >= 0.6 is 0 Å². The Morgan fingerprint density at radius 3 is 2.56 bits per heavy atom. The molecule has 3 aromatic rings. The van der Waals surface area contributed by atoms with E-state index in [2.05, 4.69) is 10.2 Å². The molecule has 25 heavy (non-hydrogen) atoms. The van der Waals surface area contributed by atoms with Gasteiger partial charge in [0, 0.05) is 25.0 Å². The second kappa shape index (κ2) is 7.03. The standard InChI is InChI=1S/C19H19FN4O/c20-15-7-5-14(6-8-15)13-21-18-16-3-1-2-4-17(16)22-19(23-18)24-9-11-25-12-10-24/h1-8H,9-13H2,(H,21,22,23). The highest BCUT2D eigenvalue weighted by molar-refractivity contribution is 5.90. The quantitative estimate of drug-likeness (QED) is 0.792. The van der Waals surface area contributed by atoms with Crippen molar-refractivity contribution in [3.8, 4) is 0 Å². The van der Waals surface area contributed by atoms with Crippen LogP contribution in [0.15, 0.2) is 48.5 Å². The van der Waals surface area contributed by atoms with Crippen molar-refractivity contribution in [3.63, 3.8) is 0 Å². The van der Waals surface area contributed by atoms with Gasteiger partial charge < -0.3 is 15.0 Å². The Hall–Kier alpha value is -2.73. The number of fused-ring (bicyclic) bond motifs is 1. The van der Waals surface area contributed by atoms with Crippen molar-refractivity contribution in [2.24, 2.45) is 0 Å². The molecule has 0 saturated carbocycles. The van der Waals surface area contributed by atoms with Gasteiger partial charge in [0.25, 0.3) is 0 Å². The van der Waals surface area contributed by atoms with E-state index < -0.39 is 0 Å². The molecule has 1 aliphatic heterocycles. The van der Waals surface area contributed by atoms with Crippen molar-refractivity contribution in [2.75, 3.05) is 36.5 Å². The molecule has 0 aliphatic carbocycles. The summed E-state index contributed by atoms with van der Waals surface area (Å²) >= 11 is 0. The van der Waals surface area contributed by atoms with Crippen molar-refractivity contribution in [1.82, 2.24) is 9.97 Å². The number of halogens is 1. The van der Waals surface area contributed by atoms with Gasteiger partial charge in [-0.15, -0.1) is 0 Å². The monoisotopic (exact) mass is 338 g/mol. The first-order valence-electron chi connectivity index (χ1n) is 8.37. The number of ether oxygens (including phenoxy) is 1. The number of nitrogens with one attached hydrogen (secondary N) is 1. The molecule has 0 amide bonds. The van der Waals surface area contributed by atoms with E-state index in [0.717, 1.165) is 35.4 Å². The van der Waals surface area contributed by atoms with Gasteiger partial charge in [-0.1, -0.05) is 24.3 Å². The third-order valence-electron chi connectivity index (χ3n) is 4.26. The van der Waals surface area contributed by atoms with Crippen molar-refractivity contribution in [1.29, 1.82) is 0 Å². The maximum atomic E-state index is 13.1. The van der Waals surface area contributed by atoms with Crippen LogP contribution in [0.4, 0.5) is 16.2 Å². The minimum Gasteiger partial charge on any atom is -0.378 e. The van der Waals surface area contributed by atoms with Crippen molar-refractivity contribution in [3.05, 3.63) is 59.9 Å². The van der Waals surface area contributed by atoms with Crippen LogP contribution in [0.3, 0.4) is 0 Å². The van der Waals surface area contributed by atoms with Gasteiger partial charge in [0.15, 0.2) is 0 Å². The van der Waals surface area contributed by atoms with Gasteiger partial charge in [-0.25, -0.2) is 9.37 Å². The average molecular weight is 338 g/mol. The lowest BCUT2D eigenvalue weighted by Gasteiger charge is -2.27. The molecule has 0 bridgehead atoms. The molecule has 0 atom stereocenters. The summed E-state index contributed by atoms with van der Waals surface area (Å²) in [6.07, 6.45) is 0. The zero-order valence-electron chi connectivity index (χ0n) is 13.8. The Labute approximate surface area is 145 Å². The Balaban J connectivity index is 1.64. The number of hydrogen-bond acceptors (Lipinski definition) is 5. The topological polar surface area (TPSA) is 50.3 Å². The fraction of sp³-hybridized carbons (Fsp3) is 0.263. The van der Waals surface area contributed by atoms with Gasteiger partial charge in [0.2, 0.25) is 5.95 Å². The zero-order valence-corrected chi connectivity index (χ0v) is 13.8. The first kappa shape index (κ1) is 15.8. The SMILES string of the molecule is Fc1ccc(CNc2nc(N3CCOCC3)nc3ccccc23)cc1. The highest BCUT2D eigenvalue weighted by Gasteiger charge is 2.16. The molecule has 1 aliphatic rings. The number of morpholine rings is 1. The van der Waals surface area contributed by atoms with Gasteiger partial charge in [0.05, 0.1) is 18.7 Å². The molecular weight excluding hydrogens is 319 g/mol. The summed E-state index contributed by atoms with van der Waals surface area (Å²) in [4.78, 5) is 11.6. The highest BCUT2D eigenvalue weighted by Crippen LogP contribution is 2.24. The third-order valence-corrected chi connectivity index (χ3v) is 4.26. The molecule has 1 aromatic heterocycles. The summed E-state index contributed by atoms with van der Waals surface area (Å²) in [5, 5.41) is 4.35. The van der Waals surface area contributed by atoms with E-state index in [1.165, 1.54) is 12.1 Å². The number of hydrogen-bond donors (Lipinski definition) is 1. The minimum absolute atomic E-state index is 0.231. The third kappa shape index (κ3) is 3.53. The van der Waals surface area contributed by atoms with Crippen LogP contribution in [0.5, 0.6) is 0 Å². The lowest BCUT2D eigenvalue weighted by atomic mass is 10.2. The highest BCUT2D eigenvalue weighted by atomic mass is 19.1. The lowest BCUT2D eigenvalue weighted by molar-refractivity contribution is 0.122. The van der Waals surface area contributed by atoms with Crippen LogP contribution in [0.2, 0.25) is 0 Å². The Kier molecular flexibility index (Phi) is 4.43. The number of nitrogens with zero attached hydrogens (tertiary/aromatic N) is 3. The zero-order chi connectivity index (χ0) is 17.1. The molecule has 0 spiro atoms. The van der Waals surface area contributed by atoms with Crippen molar-refractivity contribution >= 4 is 22.7 Å². The number of benzene rings is 2. The smallest absolute Gasteiger partial charge is 0.228 e. The second-order valence-corrected chi connectivity index (χ2v) is 5.97. The Morgan fingerprint density at radius 2 is 1.76 bits per heavy atom. The van der Waals surface area contributed by atoms with Crippen LogP contribution in [0, 0.1) is 5.82 Å². The summed E-state index contributed by atoms with van der Waals surface area (Å²) < 4.78 is 18.5. The van der Waals surface area contributed by atoms with E-state index >= 15 is 0 Å². The first-order valence-corrected chi connectivity index (χ1v) is 8.37. The predicted octanol–water partition coefficient (Wildman–Crippen LogP) is 3.22. The maximum absolute atomic E-state index is 13.1. The molecule has 2 heterocycles. The number of para-hydroxylation sites is 1. The molecule has 0 radical (unpaired) electrons. The molecule has 1 fully saturated rings. The second-order valence-electron chi connectivity index (χ2n) is 5.97. The summed E-state index contributed by atoms with van der Waals surface area (Å²) in [5.41, 5.74) is 1.90. The fourth-order valence-electron chi connectivity index (χ4n) is 2.89. The van der Waals surface area contributed by atoms with Crippen LogP contribution in [0.25, 0.3) is 10.9 Å². The Bertz CT molecular complexity index is 863. The minimum atomic E-state index is -0.231. The maximum Gasteiger partial charge on any atom is 0.228 e. The molecule has 2 aromatic carbocycles. The van der Waals surface area contributed by atoms with Crippen molar-refractivity contribution < 1.29 is 9.13 Å². The number of aromatic nitrogens is 2. The van der Waals surface area contributed by atoms with Gasteiger partial charge in [-0.3, -0.25) is 0 Å². The van der Waals surface area contributed by atoms with E-state index in [4.69, 9.17) is 14.7 Å². The van der Waals surface area contributed by atoms with E-state index in [-0.39, 0.29) is 5.82 Å². The summed E-state index contributed by atoms with van der Waals surface area (Å²) in [6, 6.07) is 14.4.